The number of ether oxygens (including phenoxy) is 2. The van der Waals surface area contributed by atoms with Crippen LogP contribution in [0.15, 0.2) is 29.8 Å². The fraction of sp³-hybridized carbons (Fsp3) is 0.556. The van der Waals surface area contributed by atoms with Gasteiger partial charge in [0.2, 0.25) is 6.29 Å². The molecule has 5 N–H and O–H groups in total. The van der Waals surface area contributed by atoms with Crippen molar-refractivity contribution in [3.63, 3.8) is 0 Å². The van der Waals surface area contributed by atoms with E-state index in [1.54, 1.807) is 18.2 Å². The van der Waals surface area contributed by atoms with E-state index in [0.717, 1.165) is 16.7 Å². The van der Waals surface area contributed by atoms with E-state index in [0.29, 0.717) is 12.2 Å². The minimum Gasteiger partial charge on any atom is -0.462 e. The van der Waals surface area contributed by atoms with Gasteiger partial charge in [-0.1, -0.05) is 17.7 Å². The molecule has 7 nitrogen and oxygen atoms in total. The SMILES string of the molecule is CC(C)=CCc1cc(CO)ccc1O[C@@H]1O[C@H](CO)[C@@H](O)[C@H](O)[C@H]1O. The zero-order valence-electron chi connectivity index (χ0n) is 14.4. The summed E-state index contributed by atoms with van der Waals surface area (Å²) in [6.07, 6.45) is -4.09. The first-order valence-electron chi connectivity index (χ1n) is 8.20. The van der Waals surface area contributed by atoms with Gasteiger partial charge in [-0.3, -0.25) is 0 Å². The lowest BCUT2D eigenvalue weighted by molar-refractivity contribution is -0.277. The third-order valence-corrected chi connectivity index (χ3v) is 4.13. The molecule has 0 radical (unpaired) electrons. The smallest absolute Gasteiger partial charge is 0.229 e. The van der Waals surface area contributed by atoms with E-state index in [2.05, 4.69) is 0 Å². The van der Waals surface area contributed by atoms with Gasteiger partial charge in [0, 0.05) is 0 Å². The Balaban J connectivity index is 2.24. The van der Waals surface area contributed by atoms with Gasteiger partial charge in [-0.15, -0.1) is 0 Å². The summed E-state index contributed by atoms with van der Waals surface area (Å²) < 4.78 is 11.1. The highest BCUT2D eigenvalue weighted by Crippen LogP contribution is 2.28. The van der Waals surface area contributed by atoms with Crippen LogP contribution in [0.25, 0.3) is 0 Å². The van der Waals surface area contributed by atoms with Gasteiger partial charge in [-0.2, -0.15) is 0 Å². The molecule has 5 atom stereocenters. The molecule has 1 heterocycles. The van der Waals surface area contributed by atoms with Gasteiger partial charge in [0.05, 0.1) is 13.2 Å². The molecule has 1 aliphatic heterocycles. The van der Waals surface area contributed by atoms with Crippen LogP contribution in [0.2, 0.25) is 0 Å². The van der Waals surface area contributed by atoms with Crippen molar-refractivity contribution in [1.29, 1.82) is 0 Å². The second-order valence-electron chi connectivity index (χ2n) is 6.40. The Bertz CT molecular complexity index is 595. The topological polar surface area (TPSA) is 120 Å². The Morgan fingerprint density at radius 3 is 2.44 bits per heavy atom. The van der Waals surface area contributed by atoms with Crippen molar-refractivity contribution >= 4 is 0 Å². The van der Waals surface area contributed by atoms with E-state index in [9.17, 15) is 25.5 Å². The summed E-state index contributed by atoms with van der Waals surface area (Å²) in [5.41, 5.74) is 2.62. The molecule has 25 heavy (non-hydrogen) atoms. The molecular formula is C18H26O7. The number of hydrogen-bond acceptors (Lipinski definition) is 7. The minimum absolute atomic E-state index is 0.109. The summed E-state index contributed by atoms with van der Waals surface area (Å²) in [5, 5.41) is 48.3. The maximum absolute atomic E-state index is 10.1. The summed E-state index contributed by atoms with van der Waals surface area (Å²) in [4.78, 5) is 0. The van der Waals surface area contributed by atoms with Crippen molar-refractivity contribution in [3.05, 3.63) is 41.0 Å². The Hall–Kier alpha value is -1.48. The summed E-state index contributed by atoms with van der Waals surface area (Å²) in [5.74, 6) is 0.430. The molecule has 0 unspecified atom stereocenters. The van der Waals surface area contributed by atoms with Crippen molar-refractivity contribution in [2.45, 2.75) is 57.6 Å². The second kappa shape index (κ2) is 8.75. The van der Waals surface area contributed by atoms with Crippen molar-refractivity contribution in [2.24, 2.45) is 0 Å². The Morgan fingerprint density at radius 2 is 1.84 bits per heavy atom. The van der Waals surface area contributed by atoms with Crippen molar-refractivity contribution < 1.29 is 35.0 Å². The number of aliphatic hydroxyl groups is 5. The molecule has 1 aliphatic rings. The van der Waals surface area contributed by atoms with E-state index in [1.165, 1.54) is 0 Å². The Morgan fingerprint density at radius 1 is 1.12 bits per heavy atom. The largest absolute Gasteiger partial charge is 0.462 e. The highest BCUT2D eigenvalue weighted by atomic mass is 16.7. The lowest BCUT2D eigenvalue weighted by Crippen LogP contribution is -2.60. The quantitative estimate of drug-likeness (QED) is 0.451. The number of aliphatic hydroxyl groups excluding tert-OH is 5. The third-order valence-electron chi connectivity index (χ3n) is 4.13. The zero-order chi connectivity index (χ0) is 18.6. The van der Waals surface area contributed by atoms with Crippen LogP contribution >= 0.6 is 0 Å². The maximum atomic E-state index is 10.1. The first kappa shape index (κ1) is 19.8. The molecule has 0 amide bonds. The van der Waals surface area contributed by atoms with Gasteiger partial charge in [0.15, 0.2) is 0 Å². The molecular weight excluding hydrogens is 328 g/mol. The summed E-state index contributed by atoms with van der Waals surface area (Å²) in [7, 11) is 0. The number of hydrogen-bond donors (Lipinski definition) is 5. The third kappa shape index (κ3) is 4.78. The molecule has 2 rings (SSSR count). The van der Waals surface area contributed by atoms with Crippen LogP contribution in [-0.2, 0) is 17.8 Å². The van der Waals surface area contributed by atoms with E-state index in [4.69, 9.17) is 9.47 Å². The van der Waals surface area contributed by atoms with Gasteiger partial charge in [-0.25, -0.2) is 0 Å². The molecule has 0 bridgehead atoms. The molecule has 0 aromatic heterocycles. The molecule has 140 valence electrons. The van der Waals surface area contributed by atoms with Gasteiger partial charge in [0.1, 0.15) is 30.2 Å². The van der Waals surface area contributed by atoms with Crippen LogP contribution in [0.3, 0.4) is 0 Å². The minimum atomic E-state index is -1.49. The number of allylic oxidation sites excluding steroid dienone is 2. The predicted molar refractivity (Wildman–Crippen MR) is 89.9 cm³/mol. The number of rotatable bonds is 6. The fourth-order valence-electron chi connectivity index (χ4n) is 2.61. The van der Waals surface area contributed by atoms with Crippen molar-refractivity contribution in [3.8, 4) is 5.75 Å². The van der Waals surface area contributed by atoms with Crippen molar-refractivity contribution in [1.82, 2.24) is 0 Å². The number of benzene rings is 1. The maximum Gasteiger partial charge on any atom is 0.229 e. The second-order valence-corrected chi connectivity index (χ2v) is 6.40. The monoisotopic (exact) mass is 354 g/mol. The molecule has 0 saturated carbocycles. The molecule has 1 aromatic carbocycles. The summed E-state index contributed by atoms with van der Waals surface area (Å²) in [6.45, 7) is 3.31. The molecule has 1 aromatic rings. The molecule has 1 fully saturated rings. The van der Waals surface area contributed by atoms with Crippen LogP contribution in [0.5, 0.6) is 5.75 Å². The zero-order valence-corrected chi connectivity index (χ0v) is 14.4. The van der Waals surface area contributed by atoms with E-state index >= 15 is 0 Å². The highest BCUT2D eigenvalue weighted by molar-refractivity contribution is 5.39. The fourth-order valence-corrected chi connectivity index (χ4v) is 2.61. The van der Waals surface area contributed by atoms with Gasteiger partial charge >= 0.3 is 0 Å². The van der Waals surface area contributed by atoms with Crippen LogP contribution in [0.1, 0.15) is 25.0 Å². The van der Waals surface area contributed by atoms with Gasteiger partial charge < -0.3 is 35.0 Å². The average Bonchev–Trinajstić information content (AvgIpc) is 2.61. The van der Waals surface area contributed by atoms with Crippen LogP contribution in [-0.4, -0.2) is 62.8 Å². The lowest BCUT2D eigenvalue weighted by atomic mass is 9.99. The molecule has 1 saturated heterocycles. The highest BCUT2D eigenvalue weighted by Gasteiger charge is 2.44. The summed E-state index contributed by atoms with van der Waals surface area (Å²) in [6, 6.07) is 5.13. The first-order chi connectivity index (χ1) is 11.9. The summed E-state index contributed by atoms with van der Waals surface area (Å²) >= 11 is 0. The van der Waals surface area contributed by atoms with Crippen LogP contribution in [0, 0.1) is 0 Å². The lowest BCUT2D eigenvalue weighted by Gasteiger charge is -2.39. The molecule has 0 aliphatic carbocycles. The van der Waals surface area contributed by atoms with E-state index < -0.39 is 37.3 Å². The predicted octanol–water partition coefficient (Wildman–Crippen LogP) is -0.134. The molecule has 7 heteroatoms. The normalized spacial score (nSPS) is 29.3. The van der Waals surface area contributed by atoms with E-state index in [1.807, 2.05) is 19.9 Å². The van der Waals surface area contributed by atoms with Crippen LogP contribution < -0.4 is 4.74 Å². The Labute approximate surface area is 146 Å². The van der Waals surface area contributed by atoms with Crippen molar-refractivity contribution in [2.75, 3.05) is 6.61 Å². The van der Waals surface area contributed by atoms with Gasteiger partial charge in [0.25, 0.3) is 0 Å². The van der Waals surface area contributed by atoms with E-state index in [-0.39, 0.29) is 6.61 Å². The average molecular weight is 354 g/mol. The molecule has 0 spiro atoms. The first-order valence-corrected chi connectivity index (χ1v) is 8.20. The van der Waals surface area contributed by atoms with Gasteiger partial charge in [-0.05, 0) is 43.5 Å². The standard InChI is InChI=1S/C18H26O7/c1-10(2)3-5-12-7-11(8-19)4-6-13(12)24-18-17(23)16(22)15(21)14(9-20)25-18/h3-4,6-7,14-23H,5,8-9H2,1-2H3/t14-,15-,16+,17-,18-/m1/s1. The van der Waals surface area contributed by atoms with Crippen LogP contribution in [0.4, 0.5) is 0 Å². The Kier molecular flexibility index (Phi) is 6.95.